The smallest absolute Gasteiger partial charge is 0.457 e. The number of hydrogen-bond acceptors (Lipinski definition) is 9. The Morgan fingerprint density at radius 1 is 0.542 bits per heavy atom. The van der Waals surface area contributed by atoms with Gasteiger partial charge in [0.1, 0.15) is 12.2 Å². The van der Waals surface area contributed by atoms with E-state index in [-0.39, 0.29) is 12.8 Å². The highest BCUT2D eigenvalue weighted by atomic mass is 31.2. The molecule has 0 bridgehead atoms. The van der Waals surface area contributed by atoms with Crippen LogP contribution in [0.2, 0.25) is 0 Å². The van der Waals surface area contributed by atoms with Crippen LogP contribution in [-0.4, -0.2) is 65.7 Å². The van der Waals surface area contributed by atoms with Crippen LogP contribution in [0.3, 0.4) is 0 Å². The summed E-state index contributed by atoms with van der Waals surface area (Å²) in [4.78, 5) is 34.3. The first-order valence-corrected chi connectivity index (χ1v) is 20.6. The zero-order valence-corrected chi connectivity index (χ0v) is 31.4. The molecule has 0 saturated heterocycles. The van der Waals surface area contributed by atoms with Crippen molar-refractivity contribution in [2.24, 2.45) is 0 Å². The number of allylic oxidation sites excluding steroid dienone is 2. The second-order valence-electron chi connectivity index (χ2n) is 12.9. The zero-order valence-electron chi connectivity index (χ0n) is 30.5. The monoisotopic (exact) mass is 706 g/mol. The van der Waals surface area contributed by atoms with Gasteiger partial charge in [0.15, 0.2) is 0 Å². The number of esters is 2. The molecule has 0 aromatic rings. The van der Waals surface area contributed by atoms with Crippen molar-refractivity contribution in [2.75, 3.05) is 26.4 Å². The molecule has 3 N–H and O–H groups in total. The number of phosphoric ester groups is 1. The van der Waals surface area contributed by atoms with Crippen molar-refractivity contribution in [3.63, 3.8) is 0 Å². The number of carbonyl (C=O) groups is 2. The Balaban J connectivity index is 3.98. The van der Waals surface area contributed by atoms with E-state index >= 15 is 0 Å². The molecule has 0 radical (unpaired) electrons. The summed E-state index contributed by atoms with van der Waals surface area (Å²) >= 11 is 0. The van der Waals surface area contributed by atoms with E-state index in [9.17, 15) is 29.3 Å². The van der Waals surface area contributed by atoms with Gasteiger partial charge in [-0.15, -0.1) is 0 Å². The normalized spacial score (nSPS) is 14.2. The van der Waals surface area contributed by atoms with Gasteiger partial charge in [-0.2, -0.15) is 0 Å². The molecular weight excluding hydrogens is 635 g/mol. The van der Waals surface area contributed by atoms with Crippen molar-refractivity contribution in [3.8, 4) is 0 Å². The van der Waals surface area contributed by atoms with Crippen molar-refractivity contribution >= 4 is 19.8 Å². The maximum atomic E-state index is 12.3. The summed E-state index contributed by atoms with van der Waals surface area (Å²) in [5.74, 6) is -1.02. The van der Waals surface area contributed by atoms with Gasteiger partial charge in [0, 0.05) is 12.8 Å². The van der Waals surface area contributed by atoms with Gasteiger partial charge >= 0.3 is 19.8 Å². The fraction of sp³-hybridized carbons (Fsp3) is 0.892. The molecular formula is C37H71O10P. The van der Waals surface area contributed by atoms with Crippen LogP contribution in [0.25, 0.3) is 0 Å². The summed E-state index contributed by atoms with van der Waals surface area (Å²) in [5.41, 5.74) is 0. The third-order valence-electron chi connectivity index (χ3n) is 8.23. The van der Waals surface area contributed by atoms with Gasteiger partial charge < -0.3 is 24.6 Å². The second kappa shape index (κ2) is 34.2. The fourth-order valence-electron chi connectivity index (χ4n) is 5.23. The minimum Gasteiger partial charge on any atom is -0.457 e. The van der Waals surface area contributed by atoms with E-state index in [4.69, 9.17) is 18.5 Å². The van der Waals surface area contributed by atoms with E-state index in [1.165, 1.54) is 77.0 Å². The lowest BCUT2D eigenvalue weighted by Gasteiger charge is -2.20. The molecule has 284 valence electrons. The number of rotatable bonds is 36. The van der Waals surface area contributed by atoms with Gasteiger partial charge in [0.05, 0.1) is 26.4 Å². The largest absolute Gasteiger partial charge is 0.472 e. The summed E-state index contributed by atoms with van der Waals surface area (Å²) in [5, 5.41) is 19.1. The van der Waals surface area contributed by atoms with E-state index in [0.29, 0.717) is 12.8 Å². The average Bonchev–Trinajstić information content (AvgIpc) is 3.07. The Kier molecular flexibility index (Phi) is 33.3. The average molecular weight is 707 g/mol. The maximum Gasteiger partial charge on any atom is 0.472 e. The van der Waals surface area contributed by atoms with Crippen LogP contribution in [0.5, 0.6) is 0 Å². The second-order valence-corrected chi connectivity index (χ2v) is 14.4. The lowest BCUT2D eigenvalue weighted by Crippen LogP contribution is -2.28. The first kappa shape index (κ1) is 46.7. The van der Waals surface area contributed by atoms with E-state index in [1.54, 1.807) is 0 Å². The Morgan fingerprint density at radius 3 is 1.19 bits per heavy atom. The van der Waals surface area contributed by atoms with Crippen LogP contribution in [0.4, 0.5) is 0 Å². The lowest BCUT2D eigenvalue weighted by atomic mass is 10.1. The number of phosphoric acid groups is 1. The number of aliphatic hydroxyl groups excluding tert-OH is 2. The molecule has 0 rings (SSSR count). The van der Waals surface area contributed by atoms with Crippen molar-refractivity contribution in [1.29, 1.82) is 0 Å². The van der Waals surface area contributed by atoms with Crippen LogP contribution in [0.15, 0.2) is 12.2 Å². The Labute approximate surface area is 292 Å². The molecule has 0 amide bonds. The van der Waals surface area contributed by atoms with E-state index in [2.05, 4.69) is 26.0 Å². The van der Waals surface area contributed by atoms with Crippen LogP contribution >= 0.6 is 7.82 Å². The number of unbranched alkanes of at least 4 members (excludes halogenated alkanes) is 20. The highest BCUT2D eigenvalue weighted by molar-refractivity contribution is 7.47. The summed E-state index contributed by atoms with van der Waals surface area (Å²) in [7, 11) is -4.62. The highest BCUT2D eigenvalue weighted by Crippen LogP contribution is 2.43. The Bertz CT molecular complexity index is 822. The van der Waals surface area contributed by atoms with E-state index in [0.717, 1.165) is 57.8 Å². The predicted octanol–water partition coefficient (Wildman–Crippen LogP) is 9.28. The molecule has 0 spiro atoms. The van der Waals surface area contributed by atoms with Crippen LogP contribution in [-0.2, 0) is 32.7 Å². The lowest BCUT2D eigenvalue weighted by molar-refractivity contribution is -0.153. The van der Waals surface area contributed by atoms with Crippen molar-refractivity contribution < 1.29 is 47.8 Å². The fourth-order valence-corrected chi connectivity index (χ4v) is 6.01. The molecule has 0 aromatic heterocycles. The first-order chi connectivity index (χ1) is 23.3. The highest BCUT2D eigenvalue weighted by Gasteiger charge is 2.27. The van der Waals surface area contributed by atoms with Gasteiger partial charge in [-0.1, -0.05) is 135 Å². The molecule has 3 atom stereocenters. The van der Waals surface area contributed by atoms with E-state index in [1.807, 2.05) is 0 Å². The van der Waals surface area contributed by atoms with Gasteiger partial charge in [-0.25, -0.2) is 4.57 Å². The molecule has 0 heterocycles. The summed E-state index contributed by atoms with van der Waals surface area (Å²) < 4.78 is 32.4. The molecule has 48 heavy (non-hydrogen) atoms. The standard InChI is InChI=1S/C37H71O10P/c1-3-5-7-9-11-13-15-16-17-18-19-21-23-25-27-29-37(41)47-35(31-39)33-45-48(42,43)44-32-34(30-38)46-36(40)28-26-24-22-20-14-12-10-8-6-4-2/h16-17,34-35,38-39H,3-15,18-33H2,1-2H3,(H,42,43)/b17-16-. The van der Waals surface area contributed by atoms with Gasteiger partial charge in [-0.3, -0.25) is 18.6 Å². The van der Waals surface area contributed by atoms with Crippen LogP contribution < -0.4 is 0 Å². The van der Waals surface area contributed by atoms with Gasteiger partial charge in [0.2, 0.25) is 0 Å². The first-order valence-electron chi connectivity index (χ1n) is 19.1. The summed E-state index contributed by atoms with van der Waals surface area (Å²) in [6.07, 6.45) is 29.1. The van der Waals surface area contributed by atoms with Crippen LogP contribution in [0.1, 0.15) is 174 Å². The Hall–Kier alpha value is -1.29. The minimum absolute atomic E-state index is 0.185. The molecule has 10 nitrogen and oxygen atoms in total. The maximum absolute atomic E-state index is 12.3. The molecule has 11 heteroatoms. The van der Waals surface area contributed by atoms with Crippen molar-refractivity contribution in [3.05, 3.63) is 12.2 Å². The zero-order chi connectivity index (χ0) is 35.6. The molecule has 0 aliphatic heterocycles. The number of ether oxygens (including phenoxy) is 2. The van der Waals surface area contributed by atoms with Crippen LogP contribution in [0, 0.1) is 0 Å². The molecule has 0 aliphatic rings. The molecule has 3 unspecified atom stereocenters. The summed E-state index contributed by atoms with van der Waals surface area (Å²) in [6.45, 7) is 2.17. The molecule has 0 fully saturated rings. The van der Waals surface area contributed by atoms with Gasteiger partial charge in [-0.05, 0) is 38.5 Å². The predicted molar refractivity (Wildman–Crippen MR) is 192 cm³/mol. The van der Waals surface area contributed by atoms with Crippen molar-refractivity contribution in [2.45, 2.75) is 187 Å². The molecule has 0 saturated carbocycles. The third-order valence-corrected chi connectivity index (χ3v) is 9.18. The summed E-state index contributed by atoms with van der Waals surface area (Å²) in [6, 6.07) is 0. The third kappa shape index (κ3) is 31.9. The minimum atomic E-state index is -4.62. The van der Waals surface area contributed by atoms with Gasteiger partial charge in [0.25, 0.3) is 0 Å². The van der Waals surface area contributed by atoms with E-state index < -0.39 is 58.4 Å². The number of hydrogen-bond donors (Lipinski definition) is 3. The SMILES string of the molecule is CCCCCCCC/C=C\CCCCCCCC(=O)OC(CO)COP(=O)(O)OCC(CO)OC(=O)CCCCCCCCCCCC. The Morgan fingerprint density at radius 2 is 0.854 bits per heavy atom. The molecule has 0 aliphatic carbocycles. The topological polar surface area (TPSA) is 149 Å². The number of aliphatic hydroxyl groups is 2. The number of carbonyl (C=O) groups excluding carboxylic acids is 2. The van der Waals surface area contributed by atoms with Crippen molar-refractivity contribution in [1.82, 2.24) is 0 Å². The molecule has 0 aromatic carbocycles. The quantitative estimate of drug-likeness (QED) is 0.0249.